The van der Waals surface area contributed by atoms with E-state index >= 15 is 0 Å². The van der Waals surface area contributed by atoms with Crippen molar-refractivity contribution in [1.82, 2.24) is 10.3 Å². The van der Waals surface area contributed by atoms with E-state index in [1.54, 1.807) is 6.07 Å². The van der Waals surface area contributed by atoms with Crippen molar-refractivity contribution in [3.63, 3.8) is 0 Å². The van der Waals surface area contributed by atoms with Crippen LogP contribution in [0.25, 0.3) is 0 Å². The second-order valence-electron chi connectivity index (χ2n) is 3.73. The number of pyridine rings is 1. The van der Waals surface area contributed by atoms with Crippen LogP contribution in [0.4, 0.5) is 0 Å². The molecular weight excluding hydrogens is 236 g/mol. The summed E-state index contributed by atoms with van der Waals surface area (Å²) in [7, 11) is 3.00. The smallest absolute Gasteiger partial charge is 0.255 e. The van der Waals surface area contributed by atoms with Crippen molar-refractivity contribution < 1.29 is 19.4 Å². The molecule has 0 aliphatic carbocycles. The van der Waals surface area contributed by atoms with Gasteiger partial charge in [-0.2, -0.15) is 0 Å². The Morgan fingerprint density at radius 2 is 2.33 bits per heavy atom. The fourth-order valence-corrected chi connectivity index (χ4v) is 1.45. The topological polar surface area (TPSA) is 80.7 Å². The van der Waals surface area contributed by atoms with Crippen LogP contribution in [0, 0.1) is 0 Å². The summed E-state index contributed by atoms with van der Waals surface area (Å²) in [4.78, 5) is 15.7. The number of aliphatic hydroxyl groups excluding tert-OH is 1. The number of methoxy groups -OCH3 is 2. The van der Waals surface area contributed by atoms with Gasteiger partial charge in [0.15, 0.2) is 0 Å². The van der Waals surface area contributed by atoms with Crippen molar-refractivity contribution >= 4 is 5.91 Å². The predicted octanol–water partition coefficient (Wildman–Crippen LogP) is 0.217. The average molecular weight is 254 g/mol. The molecule has 1 atom stereocenters. The van der Waals surface area contributed by atoms with E-state index in [9.17, 15) is 9.90 Å². The predicted molar refractivity (Wildman–Crippen MR) is 65.6 cm³/mol. The van der Waals surface area contributed by atoms with E-state index in [1.165, 1.54) is 26.6 Å². The number of ether oxygens (including phenoxy) is 2. The molecule has 0 aromatic carbocycles. The van der Waals surface area contributed by atoms with Crippen LogP contribution in [0.2, 0.25) is 0 Å². The maximum atomic E-state index is 11.8. The summed E-state index contributed by atoms with van der Waals surface area (Å²) in [6.07, 6.45) is 2.87. The maximum Gasteiger partial charge on any atom is 0.255 e. The summed E-state index contributed by atoms with van der Waals surface area (Å²) >= 11 is 0. The lowest BCUT2D eigenvalue weighted by molar-refractivity contribution is 0.0587. The van der Waals surface area contributed by atoms with Crippen molar-refractivity contribution in [2.75, 3.05) is 27.4 Å². The van der Waals surface area contributed by atoms with Crippen LogP contribution < -0.4 is 10.1 Å². The quantitative estimate of drug-likeness (QED) is 0.727. The Morgan fingerprint density at radius 3 is 3.00 bits per heavy atom. The first-order valence-electron chi connectivity index (χ1n) is 5.62. The van der Waals surface area contributed by atoms with Crippen LogP contribution in [-0.4, -0.2) is 49.5 Å². The molecule has 18 heavy (non-hydrogen) atoms. The third-order valence-corrected chi connectivity index (χ3v) is 2.37. The zero-order chi connectivity index (χ0) is 13.4. The highest BCUT2D eigenvalue weighted by Crippen LogP contribution is 2.15. The number of nitrogens with zero attached hydrogens (tertiary/aromatic N) is 1. The summed E-state index contributed by atoms with van der Waals surface area (Å²) in [6, 6.07) is 1.58. The van der Waals surface area contributed by atoms with Crippen LogP contribution in [0.15, 0.2) is 18.5 Å². The zero-order valence-corrected chi connectivity index (χ0v) is 10.5. The second-order valence-corrected chi connectivity index (χ2v) is 3.73. The Morgan fingerprint density at radius 1 is 1.56 bits per heavy atom. The number of aliphatic hydroxyl groups is 1. The molecule has 1 aromatic rings. The fraction of sp³-hybridized carbons (Fsp3) is 0.500. The lowest BCUT2D eigenvalue weighted by Gasteiger charge is -2.11. The molecule has 0 aliphatic rings. The summed E-state index contributed by atoms with van der Waals surface area (Å²) in [5, 5.41) is 12.1. The van der Waals surface area contributed by atoms with Crippen LogP contribution in [0.1, 0.15) is 16.8 Å². The molecule has 0 radical (unpaired) electrons. The highest BCUT2D eigenvalue weighted by molar-refractivity contribution is 5.96. The van der Waals surface area contributed by atoms with Gasteiger partial charge in [0, 0.05) is 19.9 Å². The van der Waals surface area contributed by atoms with E-state index < -0.39 is 6.10 Å². The molecule has 1 rings (SSSR count). The van der Waals surface area contributed by atoms with Crippen LogP contribution in [0.5, 0.6) is 5.75 Å². The van der Waals surface area contributed by atoms with E-state index in [4.69, 9.17) is 9.47 Å². The summed E-state index contributed by atoms with van der Waals surface area (Å²) in [6.45, 7) is 0.628. The minimum Gasteiger partial charge on any atom is -0.494 e. The van der Waals surface area contributed by atoms with E-state index in [0.29, 0.717) is 24.3 Å². The van der Waals surface area contributed by atoms with Gasteiger partial charge in [0.05, 0.1) is 31.6 Å². The number of rotatable bonds is 7. The molecule has 1 heterocycles. The number of hydrogen-bond acceptors (Lipinski definition) is 5. The molecule has 1 unspecified atom stereocenters. The first kappa shape index (κ1) is 14.4. The Balaban J connectivity index is 2.45. The molecule has 0 saturated heterocycles. The van der Waals surface area contributed by atoms with E-state index in [0.717, 1.165) is 0 Å². The molecule has 6 nitrogen and oxygen atoms in total. The molecule has 1 amide bonds. The molecule has 100 valence electrons. The molecular formula is C12H18N2O4. The normalized spacial score (nSPS) is 11.9. The lowest BCUT2D eigenvalue weighted by atomic mass is 10.2. The molecule has 2 N–H and O–H groups in total. The highest BCUT2D eigenvalue weighted by atomic mass is 16.5. The first-order valence-corrected chi connectivity index (χ1v) is 5.62. The van der Waals surface area contributed by atoms with Gasteiger partial charge in [0.1, 0.15) is 5.75 Å². The molecule has 1 aromatic heterocycles. The second kappa shape index (κ2) is 7.62. The minimum absolute atomic E-state index is 0.251. The lowest BCUT2D eigenvalue weighted by Crippen LogP contribution is -2.28. The van der Waals surface area contributed by atoms with Crippen molar-refractivity contribution in [3.05, 3.63) is 24.0 Å². The first-order chi connectivity index (χ1) is 8.69. The Hall–Kier alpha value is -1.66. The number of aromatic nitrogens is 1. The number of carbonyl (C=O) groups is 1. The van der Waals surface area contributed by atoms with Gasteiger partial charge >= 0.3 is 0 Å². The number of amides is 1. The minimum atomic E-state index is -0.574. The highest BCUT2D eigenvalue weighted by Gasteiger charge is 2.12. The van der Waals surface area contributed by atoms with E-state index in [-0.39, 0.29) is 12.5 Å². The van der Waals surface area contributed by atoms with Crippen LogP contribution >= 0.6 is 0 Å². The maximum absolute atomic E-state index is 11.8. The largest absolute Gasteiger partial charge is 0.494 e. The molecule has 6 heteroatoms. The van der Waals surface area contributed by atoms with Crippen molar-refractivity contribution in [1.29, 1.82) is 0 Å². The van der Waals surface area contributed by atoms with Gasteiger partial charge in [-0.05, 0) is 12.5 Å². The number of carbonyl (C=O) groups excluding carboxylic acids is 1. The molecule has 0 bridgehead atoms. The third-order valence-electron chi connectivity index (χ3n) is 2.37. The summed E-state index contributed by atoms with van der Waals surface area (Å²) < 4.78 is 9.83. The standard InChI is InChI=1S/C12H18N2O4/c1-17-8-9(15)3-6-14-12(16)10-4-5-13-7-11(10)18-2/h4-5,7,9,15H,3,6,8H2,1-2H3,(H,14,16). The van der Waals surface area contributed by atoms with Gasteiger partial charge in [-0.25, -0.2) is 0 Å². The Labute approximate surface area is 106 Å². The molecule has 0 spiro atoms. The summed E-state index contributed by atoms with van der Waals surface area (Å²) in [5.41, 5.74) is 0.425. The molecule has 0 fully saturated rings. The third kappa shape index (κ3) is 4.31. The van der Waals surface area contributed by atoms with Crippen LogP contribution in [-0.2, 0) is 4.74 Å². The Bertz CT molecular complexity index is 384. The number of nitrogens with one attached hydrogen (secondary N) is 1. The van der Waals surface area contributed by atoms with Crippen molar-refractivity contribution in [3.8, 4) is 5.75 Å². The zero-order valence-electron chi connectivity index (χ0n) is 10.5. The molecule has 0 saturated carbocycles. The fourth-order valence-electron chi connectivity index (χ4n) is 1.45. The Kier molecular flexibility index (Phi) is 6.10. The van der Waals surface area contributed by atoms with E-state index in [1.807, 2.05) is 0 Å². The van der Waals surface area contributed by atoms with Crippen molar-refractivity contribution in [2.45, 2.75) is 12.5 Å². The van der Waals surface area contributed by atoms with Gasteiger partial charge in [-0.3, -0.25) is 9.78 Å². The van der Waals surface area contributed by atoms with Gasteiger partial charge in [-0.1, -0.05) is 0 Å². The average Bonchev–Trinajstić information content (AvgIpc) is 2.38. The molecule has 0 aliphatic heterocycles. The summed E-state index contributed by atoms with van der Waals surface area (Å²) in [5.74, 6) is 0.173. The van der Waals surface area contributed by atoms with E-state index in [2.05, 4.69) is 10.3 Å². The van der Waals surface area contributed by atoms with Gasteiger partial charge in [0.25, 0.3) is 5.91 Å². The SMILES string of the molecule is COCC(O)CCNC(=O)c1ccncc1OC. The monoisotopic (exact) mass is 254 g/mol. The van der Waals surface area contributed by atoms with Gasteiger partial charge < -0.3 is 19.9 Å². The van der Waals surface area contributed by atoms with Gasteiger partial charge in [-0.15, -0.1) is 0 Å². The number of hydrogen-bond donors (Lipinski definition) is 2. The van der Waals surface area contributed by atoms with Gasteiger partial charge in [0.2, 0.25) is 0 Å². The van der Waals surface area contributed by atoms with Crippen molar-refractivity contribution in [2.24, 2.45) is 0 Å². The van der Waals surface area contributed by atoms with Crippen LogP contribution in [0.3, 0.4) is 0 Å².